The van der Waals surface area contributed by atoms with Crippen LogP contribution in [0.25, 0.3) is 16.9 Å². The van der Waals surface area contributed by atoms with Crippen molar-refractivity contribution >= 4 is 5.91 Å². The van der Waals surface area contributed by atoms with Gasteiger partial charge in [0.15, 0.2) is 0 Å². The van der Waals surface area contributed by atoms with Crippen LogP contribution in [0.15, 0.2) is 84.9 Å². The Labute approximate surface area is 170 Å². The van der Waals surface area contributed by atoms with Crippen LogP contribution in [0.4, 0.5) is 0 Å². The molecule has 0 fully saturated rings. The van der Waals surface area contributed by atoms with Gasteiger partial charge in [-0.25, -0.2) is 4.68 Å². The smallest absolute Gasteiger partial charge is 0.226 e. The largest absolute Gasteiger partial charge is 0.352 e. The van der Waals surface area contributed by atoms with E-state index >= 15 is 0 Å². The number of carbonyl (C=O) groups excluding carboxylic acids is 1. The average Bonchev–Trinajstić information content (AvgIpc) is 3.18. The summed E-state index contributed by atoms with van der Waals surface area (Å²) in [5.41, 5.74) is 5.64. The second kappa shape index (κ2) is 8.52. The second-order valence-electron chi connectivity index (χ2n) is 6.94. The number of para-hydroxylation sites is 1. The van der Waals surface area contributed by atoms with Crippen molar-refractivity contribution in [2.45, 2.75) is 19.9 Å². The number of aromatic nitrogens is 3. The zero-order valence-corrected chi connectivity index (χ0v) is 16.2. The molecule has 3 aromatic carbocycles. The maximum absolute atomic E-state index is 12.6. The summed E-state index contributed by atoms with van der Waals surface area (Å²) in [6.45, 7) is 2.54. The van der Waals surface area contributed by atoms with Crippen molar-refractivity contribution < 1.29 is 4.79 Å². The van der Waals surface area contributed by atoms with Gasteiger partial charge in [-0.15, -0.1) is 5.10 Å². The van der Waals surface area contributed by atoms with Crippen LogP contribution >= 0.6 is 0 Å². The van der Waals surface area contributed by atoms with E-state index in [1.807, 2.05) is 91.9 Å². The molecular formula is C24H22N4O. The minimum atomic E-state index is -0.0807. The van der Waals surface area contributed by atoms with Gasteiger partial charge in [0.2, 0.25) is 5.91 Å². The summed E-state index contributed by atoms with van der Waals surface area (Å²) in [5.74, 6) is -0.0807. The first-order valence-electron chi connectivity index (χ1n) is 9.58. The fourth-order valence-corrected chi connectivity index (χ4v) is 3.19. The molecule has 0 aliphatic rings. The van der Waals surface area contributed by atoms with Gasteiger partial charge < -0.3 is 5.32 Å². The molecule has 0 spiro atoms. The lowest BCUT2D eigenvalue weighted by Gasteiger charge is -2.09. The first-order valence-corrected chi connectivity index (χ1v) is 9.58. The van der Waals surface area contributed by atoms with Gasteiger partial charge in [-0.2, -0.15) is 0 Å². The first-order chi connectivity index (χ1) is 14.2. The summed E-state index contributed by atoms with van der Waals surface area (Å²) in [7, 11) is 0. The summed E-state index contributed by atoms with van der Waals surface area (Å²) in [4.78, 5) is 12.6. The van der Waals surface area contributed by atoms with Crippen LogP contribution in [0.5, 0.6) is 0 Å². The SMILES string of the molecule is Cc1ccc(CNC(=O)Cc2nnn(-c3ccccc3)c2-c2ccccc2)cc1. The first kappa shape index (κ1) is 18.6. The molecule has 0 saturated heterocycles. The van der Waals surface area contributed by atoms with E-state index in [2.05, 4.69) is 15.6 Å². The Hall–Kier alpha value is -3.73. The number of carbonyl (C=O) groups is 1. The molecule has 4 aromatic rings. The monoisotopic (exact) mass is 382 g/mol. The van der Waals surface area contributed by atoms with Crippen LogP contribution < -0.4 is 5.32 Å². The van der Waals surface area contributed by atoms with Crippen molar-refractivity contribution in [2.75, 3.05) is 0 Å². The van der Waals surface area contributed by atoms with Gasteiger partial charge in [-0.05, 0) is 24.6 Å². The van der Waals surface area contributed by atoms with Crippen LogP contribution in [-0.4, -0.2) is 20.9 Å². The number of benzene rings is 3. The molecule has 144 valence electrons. The Kier molecular flexibility index (Phi) is 5.47. The standard InChI is InChI=1S/C24H22N4O/c1-18-12-14-19(15-13-18)17-25-23(29)16-22-24(20-8-4-2-5-9-20)28(27-26-22)21-10-6-3-7-11-21/h2-15H,16-17H2,1H3,(H,25,29). The molecule has 5 nitrogen and oxygen atoms in total. The highest BCUT2D eigenvalue weighted by atomic mass is 16.1. The highest BCUT2D eigenvalue weighted by Gasteiger charge is 2.18. The Balaban J connectivity index is 1.57. The van der Waals surface area contributed by atoms with Crippen molar-refractivity contribution in [1.82, 2.24) is 20.3 Å². The number of nitrogens with one attached hydrogen (secondary N) is 1. The molecule has 4 rings (SSSR count). The van der Waals surface area contributed by atoms with Crippen molar-refractivity contribution in [3.8, 4) is 16.9 Å². The zero-order chi connectivity index (χ0) is 20.1. The Morgan fingerprint density at radius 2 is 1.55 bits per heavy atom. The van der Waals surface area contributed by atoms with Crippen LogP contribution in [-0.2, 0) is 17.8 Å². The molecule has 1 amide bonds. The summed E-state index contributed by atoms with van der Waals surface area (Å²) in [5, 5.41) is 11.6. The molecule has 0 bridgehead atoms. The second-order valence-corrected chi connectivity index (χ2v) is 6.94. The van der Waals surface area contributed by atoms with Crippen LogP contribution in [0.2, 0.25) is 0 Å². The van der Waals surface area contributed by atoms with E-state index in [1.165, 1.54) is 5.56 Å². The third-order valence-electron chi connectivity index (χ3n) is 4.73. The minimum absolute atomic E-state index is 0.0807. The molecule has 0 saturated carbocycles. The predicted octanol–water partition coefficient (Wildman–Crippen LogP) is 4.10. The zero-order valence-electron chi connectivity index (χ0n) is 16.2. The molecule has 1 aromatic heterocycles. The molecule has 0 aliphatic carbocycles. The Bertz CT molecular complexity index is 1090. The predicted molar refractivity (Wildman–Crippen MR) is 114 cm³/mol. The van der Waals surface area contributed by atoms with E-state index in [0.717, 1.165) is 22.5 Å². The van der Waals surface area contributed by atoms with Gasteiger partial charge in [0.05, 0.1) is 17.8 Å². The lowest BCUT2D eigenvalue weighted by Crippen LogP contribution is -2.25. The summed E-state index contributed by atoms with van der Waals surface area (Å²) in [6.07, 6.45) is 0.170. The van der Waals surface area contributed by atoms with E-state index in [-0.39, 0.29) is 12.3 Å². The molecular weight excluding hydrogens is 360 g/mol. The molecule has 0 radical (unpaired) electrons. The quantitative estimate of drug-likeness (QED) is 0.546. The normalized spacial score (nSPS) is 10.7. The Morgan fingerprint density at radius 3 is 2.24 bits per heavy atom. The lowest BCUT2D eigenvalue weighted by molar-refractivity contribution is -0.120. The highest BCUT2D eigenvalue weighted by molar-refractivity contribution is 5.80. The van der Waals surface area contributed by atoms with Gasteiger partial charge >= 0.3 is 0 Å². The van der Waals surface area contributed by atoms with Crippen molar-refractivity contribution in [1.29, 1.82) is 0 Å². The number of amides is 1. The van der Waals surface area contributed by atoms with Crippen molar-refractivity contribution in [3.05, 3.63) is 102 Å². The number of aryl methyl sites for hydroxylation is 1. The molecule has 0 atom stereocenters. The lowest BCUT2D eigenvalue weighted by atomic mass is 10.1. The summed E-state index contributed by atoms with van der Waals surface area (Å²) >= 11 is 0. The summed E-state index contributed by atoms with van der Waals surface area (Å²) in [6, 6.07) is 27.9. The Morgan fingerprint density at radius 1 is 0.897 bits per heavy atom. The van der Waals surface area contributed by atoms with E-state index in [0.29, 0.717) is 12.2 Å². The third kappa shape index (κ3) is 4.41. The van der Waals surface area contributed by atoms with Crippen LogP contribution in [0.1, 0.15) is 16.8 Å². The molecule has 1 N–H and O–H groups in total. The van der Waals surface area contributed by atoms with E-state index in [4.69, 9.17) is 0 Å². The third-order valence-corrected chi connectivity index (χ3v) is 4.73. The van der Waals surface area contributed by atoms with Gasteiger partial charge in [0.1, 0.15) is 5.69 Å². The average molecular weight is 382 g/mol. The molecule has 29 heavy (non-hydrogen) atoms. The van der Waals surface area contributed by atoms with E-state index in [1.54, 1.807) is 4.68 Å². The molecule has 0 unspecified atom stereocenters. The van der Waals surface area contributed by atoms with Gasteiger partial charge in [0, 0.05) is 12.1 Å². The van der Waals surface area contributed by atoms with Crippen molar-refractivity contribution in [3.63, 3.8) is 0 Å². The fraction of sp³-hybridized carbons (Fsp3) is 0.125. The maximum Gasteiger partial charge on any atom is 0.226 e. The minimum Gasteiger partial charge on any atom is -0.352 e. The molecule has 1 heterocycles. The molecule has 5 heteroatoms. The van der Waals surface area contributed by atoms with Crippen molar-refractivity contribution in [2.24, 2.45) is 0 Å². The number of hydrogen-bond donors (Lipinski definition) is 1. The number of nitrogens with zero attached hydrogens (tertiary/aromatic N) is 3. The maximum atomic E-state index is 12.6. The van der Waals surface area contributed by atoms with Crippen LogP contribution in [0.3, 0.4) is 0 Å². The number of rotatable bonds is 6. The van der Waals surface area contributed by atoms with Gasteiger partial charge in [-0.3, -0.25) is 4.79 Å². The summed E-state index contributed by atoms with van der Waals surface area (Å²) < 4.78 is 1.79. The van der Waals surface area contributed by atoms with E-state index in [9.17, 15) is 4.79 Å². The highest BCUT2D eigenvalue weighted by Crippen LogP contribution is 2.25. The van der Waals surface area contributed by atoms with Gasteiger partial charge in [0.25, 0.3) is 0 Å². The van der Waals surface area contributed by atoms with Gasteiger partial charge in [-0.1, -0.05) is 83.6 Å². The topological polar surface area (TPSA) is 59.8 Å². The number of hydrogen-bond acceptors (Lipinski definition) is 3. The van der Waals surface area contributed by atoms with Crippen LogP contribution in [0, 0.1) is 6.92 Å². The molecule has 0 aliphatic heterocycles. The van der Waals surface area contributed by atoms with E-state index < -0.39 is 0 Å². The fourth-order valence-electron chi connectivity index (χ4n) is 3.19.